The minimum atomic E-state index is -3.21. The van der Waals surface area contributed by atoms with Crippen LogP contribution < -0.4 is 0 Å². The number of nitrogens with zero attached hydrogens (tertiary/aromatic N) is 2. The molecule has 2 saturated carbocycles. The van der Waals surface area contributed by atoms with Crippen LogP contribution in [0.4, 0.5) is 0 Å². The second-order valence-corrected chi connectivity index (χ2v) is 10.6. The second kappa shape index (κ2) is 4.83. The Hall–Kier alpha value is -1.46. The maximum absolute atomic E-state index is 13.0. The Morgan fingerprint density at radius 3 is 2.88 bits per heavy atom. The van der Waals surface area contributed by atoms with Crippen LogP contribution in [0.2, 0.25) is 0 Å². The number of hydrogen-bond acceptors (Lipinski definition) is 3. The summed E-state index contributed by atoms with van der Waals surface area (Å²) in [5.41, 5.74) is 2.01. The highest BCUT2D eigenvalue weighted by molar-refractivity contribution is 7.89. The Balaban J connectivity index is 1.53. The summed E-state index contributed by atoms with van der Waals surface area (Å²) in [6, 6.07) is 10.2. The zero-order valence-corrected chi connectivity index (χ0v) is 15.6. The highest BCUT2D eigenvalue weighted by Crippen LogP contribution is 2.70. The molecular weight excluding hydrogens is 332 g/mol. The summed E-state index contributed by atoms with van der Waals surface area (Å²) in [6.07, 6.45) is 5.10. The van der Waals surface area contributed by atoms with Gasteiger partial charge in [0.2, 0.25) is 10.0 Å². The van der Waals surface area contributed by atoms with Crippen molar-refractivity contribution in [3.8, 4) is 0 Å². The van der Waals surface area contributed by atoms with Crippen molar-refractivity contribution in [3.05, 3.63) is 42.1 Å². The highest BCUT2D eigenvalue weighted by Gasteiger charge is 2.71. The van der Waals surface area contributed by atoms with E-state index in [-0.39, 0.29) is 16.9 Å². The molecule has 0 N–H and O–H groups in total. The average Bonchev–Trinajstić information content (AvgIpc) is 3.04. The minimum absolute atomic E-state index is 0.0548. The molecule has 1 spiro atoms. The SMILES string of the molecule is CC1(C)[C@@H]2CCC13CS(=O)(=O)N(Cc1cnc4ccccc4c1)[C@H]3C2. The van der Waals surface area contributed by atoms with Crippen LogP contribution in [0.3, 0.4) is 0 Å². The Labute approximate surface area is 149 Å². The maximum Gasteiger partial charge on any atom is 0.215 e. The van der Waals surface area contributed by atoms with Crippen molar-refractivity contribution in [1.29, 1.82) is 0 Å². The Bertz CT molecular complexity index is 969. The third kappa shape index (κ3) is 1.97. The van der Waals surface area contributed by atoms with Crippen LogP contribution in [0, 0.1) is 16.7 Å². The molecule has 0 radical (unpaired) electrons. The van der Waals surface area contributed by atoms with Gasteiger partial charge < -0.3 is 0 Å². The van der Waals surface area contributed by atoms with Gasteiger partial charge in [-0.1, -0.05) is 32.0 Å². The number of para-hydroxylation sites is 1. The first-order valence-corrected chi connectivity index (χ1v) is 10.8. The molecule has 0 amide bonds. The van der Waals surface area contributed by atoms with Gasteiger partial charge in [-0.15, -0.1) is 0 Å². The van der Waals surface area contributed by atoms with Crippen LogP contribution in [0.25, 0.3) is 10.9 Å². The molecule has 5 rings (SSSR count). The van der Waals surface area contributed by atoms with Crippen LogP contribution in [0.15, 0.2) is 36.5 Å². The monoisotopic (exact) mass is 356 g/mol. The number of rotatable bonds is 2. The summed E-state index contributed by atoms with van der Waals surface area (Å²) < 4.78 is 27.8. The molecule has 4 nitrogen and oxygen atoms in total. The van der Waals surface area contributed by atoms with Gasteiger partial charge in [0.15, 0.2) is 0 Å². The predicted octanol–water partition coefficient (Wildman–Crippen LogP) is 3.58. The summed E-state index contributed by atoms with van der Waals surface area (Å²) in [4.78, 5) is 4.51. The van der Waals surface area contributed by atoms with Gasteiger partial charge in [-0.05, 0) is 48.3 Å². The van der Waals surface area contributed by atoms with Crippen molar-refractivity contribution < 1.29 is 8.42 Å². The van der Waals surface area contributed by atoms with E-state index in [4.69, 9.17) is 0 Å². The standard InChI is InChI=1S/C20H24N2O2S/c1-19(2)16-7-8-20(19)13-25(23,24)22(18(20)10-16)12-14-9-15-5-3-4-6-17(15)21-11-14/h3-6,9,11,16,18H,7-8,10,12-13H2,1-2H3/t16-,18+,20?/m1/s1. The number of benzene rings is 1. The van der Waals surface area contributed by atoms with Crippen LogP contribution >= 0.6 is 0 Å². The normalized spacial score (nSPS) is 35.3. The van der Waals surface area contributed by atoms with E-state index >= 15 is 0 Å². The summed E-state index contributed by atoms with van der Waals surface area (Å²) in [7, 11) is -3.21. The predicted molar refractivity (Wildman–Crippen MR) is 98.4 cm³/mol. The van der Waals surface area contributed by atoms with Gasteiger partial charge in [-0.3, -0.25) is 4.98 Å². The molecule has 3 aliphatic rings. The largest absolute Gasteiger partial charge is 0.256 e. The van der Waals surface area contributed by atoms with Crippen LogP contribution in [0.1, 0.15) is 38.7 Å². The highest BCUT2D eigenvalue weighted by atomic mass is 32.2. The average molecular weight is 356 g/mol. The fraction of sp³-hybridized carbons (Fsp3) is 0.550. The van der Waals surface area contributed by atoms with Crippen LogP contribution in [-0.4, -0.2) is 29.5 Å². The molecule has 3 fully saturated rings. The number of sulfonamides is 1. The van der Waals surface area contributed by atoms with E-state index in [9.17, 15) is 8.42 Å². The van der Waals surface area contributed by atoms with E-state index < -0.39 is 10.0 Å². The van der Waals surface area contributed by atoms with Crippen molar-refractivity contribution >= 4 is 20.9 Å². The Morgan fingerprint density at radius 2 is 2.08 bits per heavy atom. The zero-order chi connectivity index (χ0) is 17.4. The first-order valence-electron chi connectivity index (χ1n) is 9.17. The van der Waals surface area contributed by atoms with Crippen molar-refractivity contribution in [1.82, 2.24) is 9.29 Å². The lowest BCUT2D eigenvalue weighted by Crippen LogP contribution is -2.41. The number of pyridine rings is 1. The molecule has 1 aromatic heterocycles. The molecule has 5 heteroatoms. The van der Waals surface area contributed by atoms with E-state index in [0.29, 0.717) is 18.2 Å². The van der Waals surface area contributed by atoms with Gasteiger partial charge in [-0.25, -0.2) is 8.42 Å². The topological polar surface area (TPSA) is 50.3 Å². The molecule has 3 atom stereocenters. The summed E-state index contributed by atoms with van der Waals surface area (Å²) >= 11 is 0. The first-order chi connectivity index (χ1) is 11.8. The molecule has 2 aromatic rings. The molecule has 2 bridgehead atoms. The van der Waals surface area contributed by atoms with Crippen molar-refractivity contribution in [2.75, 3.05) is 5.75 Å². The van der Waals surface area contributed by atoms with Gasteiger partial charge in [0.25, 0.3) is 0 Å². The number of fused-ring (bicyclic) bond motifs is 2. The fourth-order valence-corrected chi connectivity index (χ4v) is 8.51. The van der Waals surface area contributed by atoms with Gasteiger partial charge in [-0.2, -0.15) is 4.31 Å². The molecule has 2 aliphatic carbocycles. The number of aromatic nitrogens is 1. The van der Waals surface area contributed by atoms with Gasteiger partial charge in [0, 0.05) is 29.6 Å². The molecule has 1 aliphatic heterocycles. The van der Waals surface area contributed by atoms with Crippen LogP contribution in [-0.2, 0) is 16.6 Å². The number of hydrogen-bond donors (Lipinski definition) is 0. The van der Waals surface area contributed by atoms with E-state index in [0.717, 1.165) is 29.3 Å². The van der Waals surface area contributed by atoms with E-state index in [1.165, 1.54) is 6.42 Å². The molecule has 1 unspecified atom stereocenters. The molecular formula is C20H24N2O2S. The minimum Gasteiger partial charge on any atom is -0.256 e. The lowest BCUT2D eigenvalue weighted by Gasteiger charge is -2.37. The summed E-state index contributed by atoms with van der Waals surface area (Å²) in [5, 5.41) is 1.07. The molecule has 1 aromatic carbocycles. The molecule has 25 heavy (non-hydrogen) atoms. The first kappa shape index (κ1) is 15.8. The fourth-order valence-electron chi connectivity index (χ4n) is 5.97. The van der Waals surface area contributed by atoms with Gasteiger partial charge >= 0.3 is 0 Å². The smallest absolute Gasteiger partial charge is 0.215 e. The van der Waals surface area contributed by atoms with Crippen molar-refractivity contribution in [2.45, 2.75) is 45.7 Å². The van der Waals surface area contributed by atoms with E-state index in [2.05, 4.69) is 24.9 Å². The summed E-state index contributed by atoms with van der Waals surface area (Å²) in [6.45, 7) is 5.04. The van der Waals surface area contributed by atoms with E-state index in [1.807, 2.05) is 30.5 Å². The van der Waals surface area contributed by atoms with Crippen molar-refractivity contribution in [2.24, 2.45) is 16.7 Å². The maximum atomic E-state index is 13.0. The van der Waals surface area contributed by atoms with E-state index in [1.54, 1.807) is 4.31 Å². The third-order valence-corrected chi connectivity index (χ3v) is 9.50. The Morgan fingerprint density at radius 1 is 1.28 bits per heavy atom. The lowest BCUT2D eigenvalue weighted by atomic mass is 9.69. The molecule has 132 valence electrons. The third-order valence-electron chi connectivity index (χ3n) is 7.52. The summed E-state index contributed by atoms with van der Waals surface area (Å²) in [5.74, 6) is 0.986. The van der Waals surface area contributed by atoms with Gasteiger partial charge in [0.05, 0.1) is 11.3 Å². The molecule has 2 heterocycles. The Kier molecular flexibility index (Phi) is 3.05. The second-order valence-electron chi connectivity index (χ2n) is 8.70. The zero-order valence-electron chi connectivity index (χ0n) is 14.8. The lowest BCUT2D eigenvalue weighted by molar-refractivity contribution is 0.112. The molecule has 1 saturated heterocycles. The van der Waals surface area contributed by atoms with Crippen LogP contribution in [0.5, 0.6) is 0 Å². The van der Waals surface area contributed by atoms with Gasteiger partial charge in [0.1, 0.15) is 0 Å². The van der Waals surface area contributed by atoms with Crippen molar-refractivity contribution in [3.63, 3.8) is 0 Å². The quantitative estimate of drug-likeness (QED) is 0.826.